The Balaban J connectivity index is 1.34. The topological polar surface area (TPSA) is 79.2 Å². The summed E-state index contributed by atoms with van der Waals surface area (Å²) in [6, 6.07) is 8.67. The predicted octanol–water partition coefficient (Wildman–Crippen LogP) is 3.12. The lowest BCUT2D eigenvalue weighted by Crippen LogP contribution is -2.50. The molecule has 2 aromatic heterocycles. The van der Waals surface area contributed by atoms with Crippen LogP contribution >= 0.6 is 0 Å². The molecule has 1 aromatic carbocycles. The molecule has 0 spiro atoms. The number of piperazine rings is 1. The highest BCUT2D eigenvalue weighted by molar-refractivity contribution is 5.86. The average Bonchev–Trinajstić information content (AvgIpc) is 3.19. The summed E-state index contributed by atoms with van der Waals surface area (Å²) in [5.41, 5.74) is 3.32. The summed E-state index contributed by atoms with van der Waals surface area (Å²) in [4.78, 5) is 26.2. The van der Waals surface area contributed by atoms with Crippen LogP contribution in [0.25, 0.3) is 11.0 Å². The Kier molecular flexibility index (Phi) is 6.93. The first-order chi connectivity index (χ1) is 15.8. The molecule has 1 saturated heterocycles. The first kappa shape index (κ1) is 23.2. The van der Waals surface area contributed by atoms with E-state index in [0.717, 1.165) is 48.6 Å². The van der Waals surface area contributed by atoms with E-state index >= 15 is 0 Å². The number of hydrogen-bond donors (Lipinski definition) is 1. The molecule has 3 heterocycles. The molecule has 1 N–H and O–H groups in total. The summed E-state index contributed by atoms with van der Waals surface area (Å²) in [6.07, 6.45) is 3.42. The molecule has 8 heteroatoms. The summed E-state index contributed by atoms with van der Waals surface area (Å²) in [6.45, 7) is 12.4. The standard InChI is InChI=1S/C25H35N7O/c1-17(2)19-6-8-20(9-7-19)23(18(3)4)29-22(33)15-31-10-12-32(13-11-31)25-21-14-28-30(5)24(21)26-16-27-25/h6-9,14,16-18,23H,10-13,15H2,1-5H3,(H,29,33). The van der Waals surface area contributed by atoms with Gasteiger partial charge in [-0.05, 0) is 23.0 Å². The van der Waals surface area contributed by atoms with Gasteiger partial charge in [-0.3, -0.25) is 14.4 Å². The van der Waals surface area contributed by atoms with E-state index in [-0.39, 0.29) is 11.9 Å². The van der Waals surface area contributed by atoms with Gasteiger partial charge in [0.25, 0.3) is 0 Å². The highest BCUT2D eigenvalue weighted by Gasteiger charge is 2.24. The third-order valence-electron chi connectivity index (χ3n) is 6.49. The first-order valence-electron chi connectivity index (χ1n) is 11.8. The van der Waals surface area contributed by atoms with Gasteiger partial charge >= 0.3 is 0 Å². The lowest BCUT2D eigenvalue weighted by molar-refractivity contribution is -0.123. The Morgan fingerprint density at radius 2 is 1.67 bits per heavy atom. The maximum atomic E-state index is 12.9. The second kappa shape index (κ2) is 9.87. The van der Waals surface area contributed by atoms with Gasteiger partial charge in [-0.1, -0.05) is 52.0 Å². The van der Waals surface area contributed by atoms with E-state index in [4.69, 9.17) is 0 Å². The molecule has 0 radical (unpaired) electrons. The Bertz CT molecular complexity index is 1080. The smallest absolute Gasteiger partial charge is 0.234 e. The number of amides is 1. The van der Waals surface area contributed by atoms with Crippen LogP contribution in [0.2, 0.25) is 0 Å². The Labute approximate surface area is 196 Å². The number of nitrogens with zero attached hydrogens (tertiary/aromatic N) is 6. The molecule has 1 fully saturated rings. The zero-order valence-electron chi connectivity index (χ0n) is 20.3. The van der Waals surface area contributed by atoms with E-state index in [1.165, 1.54) is 5.56 Å². The minimum Gasteiger partial charge on any atom is -0.353 e. The Morgan fingerprint density at radius 3 is 2.30 bits per heavy atom. The van der Waals surface area contributed by atoms with Crippen molar-refractivity contribution in [3.8, 4) is 0 Å². The van der Waals surface area contributed by atoms with Crippen LogP contribution in [0.5, 0.6) is 0 Å². The van der Waals surface area contributed by atoms with E-state index in [1.54, 1.807) is 11.0 Å². The number of nitrogens with one attached hydrogen (secondary N) is 1. The van der Waals surface area contributed by atoms with Crippen molar-refractivity contribution in [3.05, 3.63) is 47.9 Å². The van der Waals surface area contributed by atoms with Gasteiger partial charge in [0.1, 0.15) is 12.1 Å². The molecule has 0 aliphatic carbocycles. The lowest BCUT2D eigenvalue weighted by atomic mass is 9.93. The monoisotopic (exact) mass is 449 g/mol. The number of carbonyl (C=O) groups excluding carboxylic acids is 1. The molecule has 1 aliphatic rings. The molecule has 1 atom stereocenters. The number of anilines is 1. The van der Waals surface area contributed by atoms with Crippen molar-refractivity contribution in [3.63, 3.8) is 0 Å². The van der Waals surface area contributed by atoms with Crippen LogP contribution in [-0.4, -0.2) is 63.3 Å². The van der Waals surface area contributed by atoms with Crippen LogP contribution in [0, 0.1) is 5.92 Å². The van der Waals surface area contributed by atoms with Crippen LogP contribution in [0.1, 0.15) is 50.8 Å². The van der Waals surface area contributed by atoms with Crippen molar-refractivity contribution >= 4 is 22.8 Å². The SMILES string of the molecule is CC(C)c1ccc(C(NC(=O)CN2CCN(c3ncnc4c3cnn4C)CC2)C(C)C)cc1. The van der Waals surface area contributed by atoms with Gasteiger partial charge in [-0.25, -0.2) is 9.97 Å². The largest absolute Gasteiger partial charge is 0.353 e. The zero-order valence-corrected chi connectivity index (χ0v) is 20.3. The molecular weight excluding hydrogens is 414 g/mol. The van der Waals surface area contributed by atoms with Crippen molar-refractivity contribution in [1.82, 2.24) is 30.0 Å². The lowest BCUT2D eigenvalue weighted by Gasteiger charge is -2.35. The molecule has 1 aliphatic heterocycles. The number of rotatable bonds is 7. The predicted molar refractivity (Wildman–Crippen MR) is 131 cm³/mol. The number of fused-ring (bicyclic) bond motifs is 1. The number of hydrogen-bond acceptors (Lipinski definition) is 6. The highest BCUT2D eigenvalue weighted by atomic mass is 16.2. The van der Waals surface area contributed by atoms with Crippen molar-refractivity contribution in [2.75, 3.05) is 37.6 Å². The third kappa shape index (κ3) is 5.16. The van der Waals surface area contributed by atoms with E-state index < -0.39 is 0 Å². The molecule has 0 bridgehead atoms. The number of aromatic nitrogens is 4. The van der Waals surface area contributed by atoms with Crippen molar-refractivity contribution in [2.45, 2.75) is 39.7 Å². The first-order valence-corrected chi connectivity index (χ1v) is 11.8. The molecule has 3 aromatic rings. The van der Waals surface area contributed by atoms with Gasteiger partial charge in [0, 0.05) is 33.2 Å². The summed E-state index contributed by atoms with van der Waals surface area (Å²) >= 11 is 0. The maximum Gasteiger partial charge on any atom is 0.234 e. The van der Waals surface area contributed by atoms with E-state index in [9.17, 15) is 4.79 Å². The normalized spacial score (nSPS) is 16.0. The summed E-state index contributed by atoms with van der Waals surface area (Å²) in [5, 5.41) is 8.55. The Morgan fingerprint density at radius 1 is 1.00 bits per heavy atom. The molecule has 33 heavy (non-hydrogen) atoms. The van der Waals surface area contributed by atoms with Crippen molar-refractivity contribution < 1.29 is 4.79 Å². The molecule has 0 saturated carbocycles. The second-order valence-corrected chi connectivity index (χ2v) is 9.58. The van der Waals surface area contributed by atoms with Gasteiger partial charge in [-0.15, -0.1) is 0 Å². The molecule has 4 rings (SSSR count). The zero-order chi connectivity index (χ0) is 23.5. The number of benzene rings is 1. The molecular formula is C25H35N7O. The quantitative estimate of drug-likeness (QED) is 0.597. The number of carbonyl (C=O) groups is 1. The fourth-order valence-electron chi connectivity index (χ4n) is 4.46. The third-order valence-corrected chi connectivity index (χ3v) is 6.49. The van der Waals surface area contributed by atoms with Crippen molar-refractivity contribution in [1.29, 1.82) is 0 Å². The van der Waals surface area contributed by atoms with Gasteiger partial charge in [-0.2, -0.15) is 5.10 Å². The van der Waals surface area contributed by atoms with Crippen LogP contribution < -0.4 is 10.2 Å². The van der Waals surface area contributed by atoms with Crippen molar-refractivity contribution in [2.24, 2.45) is 13.0 Å². The summed E-state index contributed by atoms with van der Waals surface area (Å²) in [7, 11) is 1.89. The molecule has 8 nitrogen and oxygen atoms in total. The van der Waals surface area contributed by atoms with Gasteiger partial charge in [0.15, 0.2) is 5.65 Å². The molecule has 176 valence electrons. The second-order valence-electron chi connectivity index (χ2n) is 9.58. The van der Waals surface area contributed by atoms with Gasteiger partial charge in [0.05, 0.1) is 24.2 Å². The van der Waals surface area contributed by atoms with Crippen LogP contribution in [0.15, 0.2) is 36.8 Å². The fraction of sp³-hybridized carbons (Fsp3) is 0.520. The van der Waals surface area contributed by atoms with Crippen LogP contribution in [0.4, 0.5) is 5.82 Å². The van der Waals surface area contributed by atoms with E-state index in [2.05, 4.69) is 82.1 Å². The Hall–Kier alpha value is -3.00. The van der Waals surface area contributed by atoms with Gasteiger partial charge < -0.3 is 10.2 Å². The van der Waals surface area contributed by atoms with E-state index in [0.29, 0.717) is 18.4 Å². The average molecular weight is 450 g/mol. The molecule has 1 amide bonds. The van der Waals surface area contributed by atoms with E-state index in [1.807, 2.05) is 13.2 Å². The maximum absolute atomic E-state index is 12.9. The van der Waals surface area contributed by atoms with Crippen LogP contribution in [-0.2, 0) is 11.8 Å². The van der Waals surface area contributed by atoms with Gasteiger partial charge in [0.2, 0.25) is 5.91 Å². The summed E-state index contributed by atoms with van der Waals surface area (Å²) < 4.78 is 1.77. The summed E-state index contributed by atoms with van der Waals surface area (Å²) in [5.74, 6) is 1.81. The number of aryl methyl sites for hydroxylation is 1. The van der Waals surface area contributed by atoms with Crippen LogP contribution in [0.3, 0.4) is 0 Å². The minimum atomic E-state index is 0.0138. The molecule has 1 unspecified atom stereocenters. The fourth-order valence-corrected chi connectivity index (χ4v) is 4.46. The highest BCUT2D eigenvalue weighted by Crippen LogP contribution is 2.25. The minimum absolute atomic E-state index is 0.0138.